The first kappa shape index (κ1) is 22.8. The fourth-order valence-electron chi connectivity index (χ4n) is 2.56. The lowest BCUT2D eigenvalue weighted by Crippen LogP contribution is -2.48. The summed E-state index contributed by atoms with van der Waals surface area (Å²) in [5.41, 5.74) is 2.80. The van der Waals surface area contributed by atoms with Gasteiger partial charge < -0.3 is 10.1 Å². The molecule has 9 nitrogen and oxygen atoms in total. The van der Waals surface area contributed by atoms with Crippen molar-refractivity contribution in [3.8, 4) is 5.75 Å². The van der Waals surface area contributed by atoms with Gasteiger partial charge >= 0.3 is 0 Å². The zero-order chi connectivity index (χ0) is 22.3. The summed E-state index contributed by atoms with van der Waals surface area (Å²) in [4.78, 5) is 35.3. The molecule has 2 aromatic rings. The van der Waals surface area contributed by atoms with Crippen LogP contribution >= 0.6 is 11.6 Å². The number of hydrazone groups is 1. The normalized spacial score (nSPS) is 11.9. The Hall–Kier alpha value is -3.46. The molecule has 0 radical (unpaired) electrons. The molecule has 2 rings (SSSR count). The van der Waals surface area contributed by atoms with Gasteiger partial charge in [-0.3, -0.25) is 19.7 Å². The van der Waals surface area contributed by atoms with Gasteiger partial charge in [0.25, 0.3) is 17.5 Å². The molecule has 0 unspecified atom stereocenters. The van der Waals surface area contributed by atoms with Crippen LogP contribution in [0.1, 0.15) is 29.8 Å². The standard InChI is InChI=1S/C20H21ClN4O5/c1-12(2)18(23-19(26)13-5-4-6-16(10-13)25(28)29)20(27)24-22-11-14-9-15(21)7-8-17(14)30-3/h4-12,18H,1-3H3,(H,23,26)(H,24,27)/b22-11-/t18-/m0/s1. The van der Waals surface area contributed by atoms with Gasteiger partial charge in [0.15, 0.2) is 0 Å². The highest BCUT2D eigenvalue weighted by molar-refractivity contribution is 6.30. The van der Waals surface area contributed by atoms with Crippen LogP contribution in [0.3, 0.4) is 0 Å². The van der Waals surface area contributed by atoms with Crippen LogP contribution < -0.4 is 15.5 Å². The summed E-state index contributed by atoms with van der Waals surface area (Å²) >= 11 is 5.96. The largest absolute Gasteiger partial charge is 0.496 e. The van der Waals surface area contributed by atoms with E-state index >= 15 is 0 Å². The molecule has 0 spiro atoms. The van der Waals surface area contributed by atoms with Crippen LogP contribution in [0, 0.1) is 16.0 Å². The Morgan fingerprint density at radius 1 is 1.23 bits per heavy atom. The fraction of sp³-hybridized carbons (Fsp3) is 0.250. The smallest absolute Gasteiger partial charge is 0.270 e. The second kappa shape index (κ2) is 10.4. The first-order chi connectivity index (χ1) is 14.2. The first-order valence-electron chi connectivity index (χ1n) is 8.94. The van der Waals surface area contributed by atoms with E-state index in [0.29, 0.717) is 16.3 Å². The molecule has 0 aliphatic carbocycles. The van der Waals surface area contributed by atoms with Crippen molar-refractivity contribution in [3.05, 3.63) is 68.7 Å². The maximum atomic E-state index is 12.5. The third-order valence-corrected chi connectivity index (χ3v) is 4.36. The van der Waals surface area contributed by atoms with Crippen LogP contribution in [0.5, 0.6) is 5.75 Å². The number of nitro benzene ring substituents is 1. The van der Waals surface area contributed by atoms with Crippen LogP contribution in [0.15, 0.2) is 47.6 Å². The number of carbonyl (C=O) groups is 2. The monoisotopic (exact) mass is 432 g/mol. The molecule has 10 heteroatoms. The van der Waals surface area contributed by atoms with E-state index < -0.39 is 22.8 Å². The molecule has 0 aliphatic rings. The van der Waals surface area contributed by atoms with E-state index in [-0.39, 0.29) is 17.2 Å². The highest BCUT2D eigenvalue weighted by atomic mass is 35.5. The minimum absolute atomic E-state index is 0.0785. The van der Waals surface area contributed by atoms with E-state index in [4.69, 9.17) is 16.3 Å². The maximum absolute atomic E-state index is 12.5. The molecule has 0 bridgehead atoms. The summed E-state index contributed by atoms with van der Waals surface area (Å²) in [6, 6.07) is 9.31. The van der Waals surface area contributed by atoms with E-state index in [2.05, 4.69) is 15.8 Å². The Bertz CT molecular complexity index is 977. The predicted molar refractivity (Wildman–Crippen MR) is 113 cm³/mol. The molecule has 2 aromatic carbocycles. The van der Waals surface area contributed by atoms with Gasteiger partial charge in [-0.2, -0.15) is 5.10 Å². The topological polar surface area (TPSA) is 123 Å². The highest BCUT2D eigenvalue weighted by Gasteiger charge is 2.25. The number of nitro groups is 1. The summed E-state index contributed by atoms with van der Waals surface area (Å²) in [6.45, 7) is 3.50. The third kappa shape index (κ3) is 6.02. The van der Waals surface area contributed by atoms with Crippen LogP contribution in [0.25, 0.3) is 0 Å². The summed E-state index contributed by atoms with van der Waals surface area (Å²) in [5, 5.41) is 17.9. The number of ether oxygens (including phenoxy) is 1. The Kier molecular flexibility index (Phi) is 7.88. The number of rotatable bonds is 8. The number of benzene rings is 2. The summed E-state index contributed by atoms with van der Waals surface area (Å²) in [6.07, 6.45) is 1.38. The molecule has 0 aliphatic heterocycles. The second-order valence-electron chi connectivity index (χ2n) is 6.62. The molecule has 0 saturated heterocycles. The van der Waals surface area contributed by atoms with Gasteiger partial charge in [-0.15, -0.1) is 0 Å². The van der Waals surface area contributed by atoms with E-state index in [1.165, 1.54) is 31.5 Å². The van der Waals surface area contributed by atoms with Crippen LogP contribution in [0.2, 0.25) is 5.02 Å². The second-order valence-corrected chi connectivity index (χ2v) is 7.06. The van der Waals surface area contributed by atoms with E-state index in [1.807, 2.05) is 0 Å². The lowest BCUT2D eigenvalue weighted by molar-refractivity contribution is -0.384. The maximum Gasteiger partial charge on any atom is 0.270 e. The zero-order valence-corrected chi connectivity index (χ0v) is 17.3. The number of non-ortho nitro benzene ring substituents is 1. The summed E-state index contributed by atoms with van der Waals surface area (Å²) in [5.74, 6) is -0.880. The molecular weight excluding hydrogens is 412 g/mol. The van der Waals surface area contributed by atoms with Crippen molar-refractivity contribution in [1.29, 1.82) is 0 Å². The predicted octanol–water partition coefficient (Wildman–Crippen LogP) is 3.16. The Morgan fingerprint density at radius 3 is 2.60 bits per heavy atom. The molecule has 0 saturated carbocycles. The molecule has 2 N–H and O–H groups in total. The van der Waals surface area contributed by atoms with Crippen molar-refractivity contribution in [3.63, 3.8) is 0 Å². The van der Waals surface area contributed by atoms with Crippen molar-refractivity contribution < 1.29 is 19.2 Å². The van der Waals surface area contributed by atoms with E-state index in [1.54, 1.807) is 32.0 Å². The van der Waals surface area contributed by atoms with Gasteiger partial charge in [0.1, 0.15) is 11.8 Å². The summed E-state index contributed by atoms with van der Waals surface area (Å²) in [7, 11) is 1.50. The summed E-state index contributed by atoms with van der Waals surface area (Å²) < 4.78 is 5.20. The van der Waals surface area contributed by atoms with Gasteiger partial charge in [-0.1, -0.05) is 31.5 Å². The SMILES string of the molecule is COc1ccc(Cl)cc1/C=N\NC(=O)[C@@H](NC(=O)c1cccc([N+](=O)[O-])c1)C(C)C. The lowest BCUT2D eigenvalue weighted by Gasteiger charge is -2.20. The Balaban J connectivity index is 2.10. The van der Waals surface area contributed by atoms with E-state index in [0.717, 1.165) is 6.07 Å². The minimum Gasteiger partial charge on any atom is -0.496 e. The number of hydrogen-bond acceptors (Lipinski definition) is 6. The fourth-order valence-corrected chi connectivity index (χ4v) is 2.74. The van der Waals surface area contributed by atoms with Gasteiger partial charge in [0.05, 0.1) is 18.2 Å². The van der Waals surface area contributed by atoms with Crippen LogP contribution in [-0.2, 0) is 4.79 Å². The van der Waals surface area contributed by atoms with Crippen LogP contribution in [0.4, 0.5) is 5.69 Å². The highest BCUT2D eigenvalue weighted by Crippen LogP contribution is 2.20. The van der Waals surface area contributed by atoms with Gasteiger partial charge in [0, 0.05) is 28.3 Å². The number of halogens is 1. The van der Waals surface area contributed by atoms with Crippen molar-refractivity contribution in [2.45, 2.75) is 19.9 Å². The van der Waals surface area contributed by atoms with Crippen molar-refractivity contribution in [2.75, 3.05) is 7.11 Å². The molecule has 0 aromatic heterocycles. The van der Waals surface area contributed by atoms with Crippen molar-refractivity contribution in [2.24, 2.45) is 11.0 Å². The number of nitrogens with one attached hydrogen (secondary N) is 2. The average molecular weight is 433 g/mol. The molecule has 0 heterocycles. The van der Waals surface area contributed by atoms with Crippen LogP contribution in [-0.4, -0.2) is 36.1 Å². The quantitative estimate of drug-likeness (QED) is 0.376. The Labute approximate surface area is 178 Å². The number of carbonyl (C=O) groups excluding carboxylic acids is 2. The first-order valence-corrected chi connectivity index (χ1v) is 9.32. The van der Waals surface area contributed by atoms with Crippen molar-refractivity contribution >= 4 is 35.3 Å². The average Bonchev–Trinajstić information content (AvgIpc) is 2.71. The molecular formula is C20H21ClN4O5. The number of methoxy groups -OCH3 is 1. The van der Waals surface area contributed by atoms with Gasteiger partial charge in [-0.25, -0.2) is 5.43 Å². The molecule has 0 fully saturated rings. The molecule has 1 atom stereocenters. The van der Waals surface area contributed by atoms with Gasteiger partial charge in [0.2, 0.25) is 0 Å². The number of nitrogens with zero attached hydrogens (tertiary/aromatic N) is 2. The van der Waals surface area contributed by atoms with E-state index in [9.17, 15) is 19.7 Å². The van der Waals surface area contributed by atoms with Crippen molar-refractivity contribution in [1.82, 2.24) is 10.7 Å². The van der Waals surface area contributed by atoms with Gasteiger partial charge in [-0.05, 0) is 30.2 Å². The third-order valence-electron chi connectivity index (χ3n) is 4.13. The zero-order valence-electron chi connectivity index (χ0n) is 16.6. The molecule has 30 heavy (non-hydrogen) atoms. The Morgan fingerprint density at radius 2 is 1.97 bits per heavy atom. The molecule has 158 valence electrons. The lowest BCUT2D eigenvalue weighted by atomic mass is 10.0. The molecule has 2 amide bonds. The number of hydrogen-bond donors (Lipinski definition) is 2. The number of amides is 2. The minimum atomic E-state index is -0.907.